The Morgan fingerprint density at radius 1 is 1.29 bits per heavy atom. The SMILES string of the molecule is CC1=C2CCCCC2=[N+](C)C(=O)C1C. The van der Waals surface area contributed by atoms with Crippen LogP contribution in [0.25, 0.3) is 0 Å². The van der Waals surface area contributed by atoms with Gasteiger partial charge in [-0.15, -0.1) is 0 Å². The number of nitrogens with zero attached hydrogens (tertiary/aromatic N) is 1. The van der Waals surface area contributed by atoms with Crippen molar-refractivity contribution >= 4 is 11.6 Å². The zero-order chi connectivity index (χ0) is 10.3. The Hall–Kier alpha value is -0.920. The van der Waals surface area contributed by atoms with E-state index in [1.165, 1.54) is 36.1 Å². The number of hydrogen-bond acceptors (Lipinski definition) is 1. The molecule has 2 heteroatoms. The van der Waals surface area contributed by atoms with Gasteiger partial charge in [-0.25, -0.2) is 4.79 Å². The van der Waals surface area contributed by atoms with Crippen LogP contribution >= 0.6 is 0 Å². The summed E-state index contributed by atoms with van der Waals surface area (Å²) in [5.74, 6) is 0.361. The molecule has 1 amide bonds. The summed E-state index contributed by atoms with van der Waals surface area (Å²) in [4.78, 5) is 11.9. The lowest BCUT2D eigenvalue weighted by Crippen LogP contribution is -2.37. The van der Waals surface area contributed by atoms with Crippen molar-refractivity contribution in [2.45, 2.75) is 39.5 Å². The molecule has 0 N–H and O–H groups in total. The normalized spacial score (nSPS) is 28.2. The van der Waals surface area contributed by atoms with Crippen molar-refractivity contribution in [1.82, 2.24) is 0 Å². The molecule has 2 nitrogen and oxygen atoms in total. The molecule has 0 bridgehead atoms. The average Bonchev–Trinajstić information content (AvgIpc) is 2.23. The Labute approximate surface area is 85.3 Å². The zero-order valence-corrected chi connectivity index (χ0v) is 9.26. The lowest BCUT2D eigenvalue weighted by molar-refractivity contribution is -0.424. The Bertz CT molecular complexity index is 349. The van der Waals surface area contributed by atoms with E-state index in [-0.39, 0.29) is 11.8 Å². The van der Waals surface area contributed by atoms with E-state index >= 15 is 0 Å². The van der Waals surface area contributed by atoms with Gasteiger partial charge in [-0.2, -0.15) is 4.58 Å². The maximum atomic E-state index is 11.9. The summed E-state index contributed by atoms with van der Waals surface area (Å²) in [7, 11) is 1.92. The van der Waals surface area contributed by atoms with Crippen molar-refractivity contribution in [2.75, 3.05) is 7.05 Å². The van der Waals surface area contributed by atoms with Gasteiger partial charge < -0.3 is 0 Å². The van der Waals surface area contributed by atoms with E-state index in [4.69, 9.17) is 0 Å². The number of carbonyl (C=O) groups excluding carboxylic acids is 1. The van der Waals surface area contributed by atoms with E-state index in [1.807, 2.05) is 18.5 Å². The average molecular weight is 192 g/mol. The first-order chi connectivity index (χ1) is 6.63. The molecule has 0 saturated heterocycles. The highest BCUT2D eigenvalue weighted by Crippen LogP contribution is 2.30. The minimum atomic E-state index is 0.0943. The predicted molar refractivity (Wildman–Crippen MR) is 56.5 cm³/mol. The molecule has 0 aromatic rings. The molecule has 1 unspecified atom stereocenters. The first-order valence-corrected chi connectivity index (χ1v) is 5.46. The minimum absolute atomic E-state index is 0.0943. The molecule has 0 radical (unpaired) electrons. The van der Waals surface area contributed by atoms with Crippen LogP contribution in [0.2, 0.25) is 0 Å². The number of hydrogen-bond donors (Lipinski definition) is 0. The predicted octanol–water partition coefficient (Wildman–Crippen LogP) is 2.14. The van der Waals surface area contributed by atoms with Crippen LogP contribution in [0.1, 0.15) is 39.5 Å². The number of amides is 1. The third-order valence-electron chi connectivity index (χ3n) is 3.67. The molecule has 1 aliphatic heterocycles. The van der Waals surface area contributed by atoms with E-state index in [0.29, 0.717) is 0 Å². The largest absolute Gasteiger partial charge is 0.393 e. The molecule has 0 aromatic carbocycles. The monoisotopic (exact) mass is 192 g/mol. The molecule has 2 rings (SSSR count). The maximum Gasteiger partial charge on any atom is 0.393 e. The molecular formula is C12H18NO+. The lowest BCUT2D eigenvalue weighted by atomic mass is 9.82. The third kappa shape index (κ3) is 1.24. The molecule has 76 valence electrons. The van der Waals surface area contributed by atoms with E-state index in [1.54, 1.807) is 0 Å². The minimum Gasteiger partial charge on any atom is -0.219 e. The molecule has 14 heavy (non-hydrogen) atoms. The lowest BCUT2D eigenvalue weighted by Gasteiger charge is -2.24. The van der Waals surface area contributed by atoms with Crippen LogP contribution in [0, 0.1) is 5.92 Å². The van der Waals surface area contributed by atoms with E-state index < -0.39 is 0 Å². The molecule has 1 heterocycles. The second kappa shape index (κ2) is 3.34. The number of fused-ring (bicyclic) bond motifs is 1. The van der Waals surface area contributed by atoms with Crippen molar-refractivity contribution in [3.05, 3.63) is 11.1 Å². The van der Waals surface area contributed by atoms with Gasteiger partial charge in [0, 0.05) is 12.0 Å². The molecule has 2 aliphatic rings. The third-order valence-corrected chi connectivity index (χ3v) is 3.67. The number of allylic oxidation sites excluding steroid dienone is 1. The van der Waals surface area contributed by atoms with Crippen LogP contribution in [0.15, 0.2) is 11.1 Å². The Balaban J connectivity index is 2.51. The number of carbonyl (C=O) groups is 1. The summed E-state index contributed by atoms with van der Waals surface area (Å²) in [5.41, 5.74) is 4.06. The van der Waals surface area contributed by atoms with Crippen molar-refractivity contribution in [3.63, 3.8) is 0 Å². The van der Waals surface area contributed by atoms with Gasteiger partial charge in [0.05, 0.1) is 0 Å². The van der Waals surface area contributed by atoms with Crippen molar-refractivity contribution in [2.24, 2.45) is 5.92 Å². The van der Waals surface area contributed by atoms with Gasteiger partial charge in [0.2, 0.25) is 0 Å². The molecule has 0 spiro atoms. The highest BCUT2D eigenvalue weighted by molar-refractivity contribution is 6.03. The van der Waals surface area contributed by atoms with Gasteiger partial charge in [-0.3, -0.25) is 0 Å². The van der Waals surface area contributed by atoms with Crippen LogP contribution < -0.4 is 0 Å². The molecule has 1 atom stereocenters. The Morgan fingerprint density at radius 3 is 2.64 bits per heavy atom. The summed E-state index contributed by atoms with van der Waals surface area (Å²) in [5, 5.41) is 0. The van der Waals surface area contributed by atoms with Gasteiger partial charge in [-0.05, 0) is 38.7 Å². The molecule has 1 fully saturated rings. The summed E-state index contributed by atoms with van der Waals surface area (Å²) in [6, 6.07) is 0. The number of rotatable bonds is 0. The van der Waals surface area contributed by atoms with Crippen LogP contribution in [0.3, 0.4) is 0 Å². The van der Waals surface area contributed by atoms with Crippen LogP contribution in [0.5, 0.6) is 0 Å². The van der Waals surface area contributed by atoms with Gasteiger partial charge in [-0.1, -0.05) is 0 Å². The van der Waals surface area contributed by atoms with Crippen molar-refractivity contribution < 1.29 is 9.37 Å². The highest BCUT2D eigenvalue weighted by atomic mass is 16.2. The standard InChI is InChI=1S/C12H18NO/c1-8-9(2)12(14)13(3)11-7-5-4-6-10(8)11/h9H,4-7H2,1-3H3/q+1. The van der Waals surface area contributed by atoms with Crippen LogP contribution in [-0.4, -0.2) is 23.2 Å². The van der Waals surface area contributed by atoms with E-state index in [2.05, 4.69) is 6.92 Å². The molecular weight excluding hydrogens is 174 g/mol. The summed E-state index contributed by atoms with van der Waals surface area (Å²) < 4.78 is 1.88. The van der Waals surface area contributed by atoms with E-state index in [9.17, 15) is 4.79 Å². The van der Waals surface area contributed by atoms with Gasteiger partial charge >= 0.3 is 5.91 Å². The van der Waals surface area contributed by atoms with E-state index in [0.717, 1.165) is 6.42 Å². The van der Waals surface area contributed by atoms with Gasteiger partial charge in [0.1, 0.15) is 13.0 Å². The van der Waals surface area contributed by atoms with Crippen LogP contribution in [0.4, 0.5) is 0 Å². The fourth-order valence-corrected chi connectivity index (χ4v) is 2.55. The first kappa shape index (κ1) is 9.63. The molecule has 1 saturated carbocycles. The Morgan fingerprint density at radius 2 is 1.93 bits per heavy atom. The first-order valence-electron chi connectivity index (χ1n) is 5.46. The summed E-state index contributed by atoms with van der Waals surface area (Å²) in [6.07, 6.45) is 4.77. The smallest absolute Gasteiger partial charge is 0.219 e. The summed E-state index contributed by atoms with van der Waals surface area (Å²) >= 11 is 0. The Kier molecular flexibility index (Phi) is 2.30. The molecule has 1 aliphatic carbocycles. The van der Waals surface area contributed by atoms with Crippen molar-refractivity contribution in [3.8, 4) is 0 Å². The zero-order valence-electron chi connectivity index (χ0n) is 9.26. The second-order valence-electron chi connectivity index (χ2n) is 4.43. The maximum absolute atomic E-state index is 11.9. The van der Waals surface area contributed by atoms with Gasteiger partial charge in [0.25, 0.3) is 0 Å². The van der Waals surface area contributed by atoms with Gasteiger partial charge in [0.15, 0.2) is 5.71 Å². The highest BCUT2D eigenvalue weighted by Gasteiger charge is 2.36. The fraction of sp³-hybridized carbons (Fsp3) is 0.667. The van der Waals surface area contributed by atoms with Crippen molar-refractivity contribution in [1.29, 1.82) is 0 Å². The second-order valence-corrected chi connectivity index (χ2v) is 4.43. The van der Waals surface area contributed by atoms with Crippen LogP contribution in [-0.2, 0) is 4.79 Å². The molecule has 0 aromatic heterocycles. The quantitative estimate of drug-likeness (QED) is 0.538. The topological polar surface area (TPSA) is 20.1 Å². The summed E-state index contributed by atoms with van der Waals surface area (Å²) in [6.45, 7) is 4.14. The fourth-order valence-electron chi connectivity index (χ4n) is 2.55.